The fourth-order valence-corrected chi connectivity index (χ4v) is 2.15. The van der Waals surface area contributed by atoms with Crippen LogP contribution in [0, 0.1) is 0 Å². The van der Waals surface area contributed by atoms with Crippen molar-refractivity contribution in [1.29, 1.82) is 0 Å². The molecule has 0 atom stereocenters. The highest BCUT2D eigenvalue weighted by Crippen LogP contribution is 2.20. The molecule has 1 aromatic heterocycles. The predicted octanol–water partition coefficient (Wildman–Crippen LogP) is 1.68. The Hall–Kier alpha value is -2.34. The van der Waals surface area contributed by atoms with Crippen LogP contribution >= 0.6 is 11.3 Å². The number of carbonyl (C=O) groups is 2. The minimum Gasteiger partial charge on any atom is -0.397 e. The minimum atomic E-state index is -0.540. The number of thiophene rings is 1. The van der Waals surface area contributed by atoms with E-state index in [1.165, 1.54) is 17.4 Å². The van der Waals surface area contributed by atoms with Crippen LogP contribution in [0.1, 0.15) is 20.0 Å². The van der Waals surface area contributed by atoms with E-state index < -0.39 is 5.91 Å². The summed E-state index contributed by atoms with van der Waals surface area (Å²) in [4.78, 5) is 23.3. The highest BCUT2D eigenvalue weighted by molar-refractivity contribution is 7.12. The zero-order valence-corrected chi connectivity index (χ0v) is 10.2. The summed E-state index contributed by atoms with van der Waals surface area (Å²) in [6.45, 7) is 0. The summed E-state index contributed by atoms with van der Waals surface area (Å²) in [5.74, 6) is -0.842. The molecule has 2 amide bonds. The SMILES string of the molecule is NC(=O)c1cccc(NC(=O)c2sccc2N)c1. The number of nitrogens with two attached hydrogens (primary N) is 2. The number of anilines is 2. The van der Waals surface area contributed by atoms with Gasteiger partial charge in [-0.05, 0) is 29.6 Å². The maximum atomic E-state index is 11.9. The number of nitrogen functional groups attached to an aromatic ring is 1. The molecule has 5 nitrogen and oxygen atoms in total. The van der Waals surface area contributed by atoms with Crippen molar-refractivity contribution in [3.05, 3.63) is 46.2 Å². The molecule has 1 heterocycles. The molecule has 0 saturated heterocycles. The topological polar surface area (TPSA) is 98.2 Å². The van der Waals surface area contributed by atoms with Crippen LogP contribution in [0.4, 0.5) is 11.4 Å². The Morgan fingerprint density at radius 3 is 2.61 bits per heavy atom. The van der Waals surface area contributed by atoms with Crippen LogP contribution in [0.3, 0.4) is 0 Å². The van der Waals surface area contributed by atoms with Crippen LogP contribution in [0.5, 0.6) is 0 Å². The summed E-state index contributed by atoms with van der Waals surface area (Å²) in [7, 11) is 0. The molecule has 0 saturated carbocycles. The fourth-order valence-electron chi connectivity index (χ4n) is 1.44. The number of rotatable bonds is 3. The van der Waals surface area contributed by atoms with Gasteiger partial charge in [-0.25, -0.2) is 0 Å². The van der Waals surface area contributed by atoms with Gasteiger partial charge in [0, 0.05) is 11.3 Å². The fraction of sp³-hybridized carbons (Fsp3) is 0. The van der Waals surface area contributed by atoms with Crippen LogP contribution < -0.4 is 16.8 Å². The van der Waals surface area contributed by atoms with Gasteiger partial charge in [0.25, 0.3) is 5.91 Å². The molecule has 92 valence electrons. The number of hydrogen-bond donors (Lipinski definition) is 3. The summed E-state index contributed by atoms with van der Waals surface area (Å²) in [5.41, 5.74) is 12.1. The van der Waals surface area contributed by atoms with Gasteiger partial charge >= 0.3 is 0 Å². The van der Waals surface area contributed by atoms with E-state index in [4.69, 9.17) is 11.5 Å². The van der Waals surface area contributed by atoms with Crippen LogP contribution in [0.2, 0.25) is 0 Å². The molecule has 1 aromatic carbocycles. The first kappa shape index (κ1) is 12.1. The van der Waals surface area contributed by atoms with Crippen molar-refractivity contribution in [3.8, 4) is 0 Å². The average molecular weight is 261 g/mol. The molecule has 0 unspecified atom stereocenters. The van der Waals surface area contributed by atoms with E-state index in [1.807, 2.05) is 0 Å². The predicted molar refractivity (Wildman–Crippen MR) is 71.6 cm³/mol. The highest BCUT2D eigenvalue weighted by Gasteiger charge is 2.11. The lowest BCUT2D eigenvalue weighted by atomic mass is 10.2. The quantitative estimate of drug-likeness (QED) is 0.783. The summed E-state index contributed by atoms with van der Waals surface area (Å²) in [6.07, 6.45) is 0. The molecule has 5 N–H and O–H groups in total. The van der Waals surface area contributed by atoms with Crippen molar-refractivity contribution in [2.24, 2.45) is 5.73 Å². The average Bonchev–Trinajstić information content (AvgIpc) is 2.76. The van der Waals surface area contributed by atoms with Crippen LogP contribution in [-0.2, 0) is 0 Å². The molecule has 2 aromatic rings. The van der Waals surface area contributed by atoms with Gasteiger partial charge in [0.05, 0.1) is 5.69 Å². The van der Waals surface area contributed by atoms with E-state index in [0.717, 1.165) is 0 Å². The van der Waals surface area contributed by atoms with Crippen LogP contribution in [0.25, 0.3) is 0 Å². The van der Waals surface area contributed by atoms with Gasteiger partial charge in [-0.15, -0.1) is 11.3 Å². The second kappa shape index (κ2) is 4.89. The first-order chi connectivity index (χ1) is 8.58. The largest absolute Gasteiger partial charge is 0.397 e. The number of nitrogens with one attached hydrogen (secondary N) is 1. The Morgan fingerprint density at radius 2 is 2.00 bits per heavy atom. The van der Waals surface area contributed by atoms with Gasteiger partial charge in [-0.2, -0.15) is 0 Å². The van der Waals surface area contributed by atoms with E-state index >= 15 is 0 Å². The Kier molecular flexibility index (Phi) is 3.29. The second-order valence-corrected chi connectivity index (χ2v) is 4.52. The zero-order valence-electron chi connectivity index (χ0n) is 9.34. The standard InChI is InChI=1S/C12H11N3O2S/c13-9-4-5-18-10(9)12(17)15-8-3-1-2-7(6-8)11(14)16/h1-6H,13H2,(H2,14,16)(H,15,17). The molecule has 0 aliphatic heterocycles. The molecule has 18 heavy (non-hydrogen) atoms. The molecular formula is C12H11N3O2S. The number of amides is 2. The highest BCUT2D eigenvalue weighted by atomic mass is 32.1. The van der Waals surface area contributed by atoms with E-state index in [9.17, 15) is 9.59 Å². The first-order valence-corrected chi connectivity index (χ1v) is 6.00. The van der Waals surface area contributed by atoms with Gasteiger partial charge in [-0.1, -0.05) is 6.07 Å². The van der Waals surface area contributed by atoms with E-state index in [-0.39, 0.29) is 5.91 Å². The van der Waals surface area contributed by atoms with Gasteiger partial charge in [0.2, 0.25) is 5.91 Å². The Labute approximate surface area is 107 Å². The maximum absolute atomic E-state index is 11.9. The molecule has 0 spiro atoms. The number of carbonyl (C=O) groups excluding carboxylic acids is 2. The second-order valence-electron chi connectivity index (χ2n) is 3.60. The lowest BCUT2D eigenvalue weighted by Gasteiger charge is -2.05. The molecule has 0 aliphatic rings. The minimum absolute atomic E-state index is 0.302. The monoisotopic (exact) mass is 261 g/mol. The van der Waals surface area contributed by atoms with Crippen molar-refractivity contribution in [2.75, 3.05) is 11.1 Å². The summed E-state index contributed by atoms with van der Waals surface area (Å²) in [6, 6.07) is 8.09. The number of primary amides is 1. The first-order valence-electron chi connectivity index (χ1n) is 5.12. The Morgan fingerprint density at radius 1 is 1.22 bits per heavy atom. The Balaban J connectivity index is 2.20. The summed E-state index contributed by atoms with van der Waals surface area (Å²) < 4.78 is 0. The van der Waals surface area contributed by atoms with Crippen LogP contribution in [0.15, 0.2) is 35.7 Å². The van der Waals surface area contributed by atoms with Gasteiger partial charge < -0.3 is 16.8 Å². The van der Waals surface area contributed by atoms with Crippen molar-refractivity contribution in [1.82, 2.24) is 0 Å². The molecule has 0 radical (unpaired) electrons. The molecule has 0 bridgehead atoms. The van der Waals surface area contributed by atoms with Crippen molar-refractivity contribution < 1.29 is 9.59 Å². The summed E-state index contributed by atoms with van der Waals surface area (Å²) >= 11 is 1.26. The van der Waals surface area contributed by atoms with Gasteiger partial charge in [0.15, 0.2) is 0 Å². The molecule has 6 heteroatoms. The lowest BCUT2D eigenvalue weighted by Crippen LogP contribution is -2.14. The zero-order chi connectivity index (χ0) is 13.1. The summed E-state index contributed by atoms with van der Waals surface area (Å²) in [5, 5.41) is 4.40. The van der Waals surface area contributed by atoms with Crippen molar-refractivity contribution in [3.63, 3.8) is 0 Å². The van der Waals surface area contributed by atoms with Gasteiger partial charge in [0.1, 0.15) is 4.88 Å². The molecular weight excluding hydrogens is 250 g/mol. The third-order valence-electron chi connectivity index (χ3n) is 2.31. The van der Waals surface area contributed by atoms with E-state index in [2.05, 4.69) is 5.32 Å². The molecule has 0 aliphatic carbocycles. The van der Waals surface area contributed by atoms with Gasteiger partial charge in [-0.3, -0.25) is 9.59 Å². The molecule has 2 rings (SSSR count). The number of hydrogen-bond acceptors (Lipinski definition) is 4. The molecule has 0 fully saturated rings. The maximum Gasteiger partial charge on any atom is 0.267 e. The third kappa shape index (κ3) is 2.49. The smallest absolute Gasteiger partial charge is 0.267 e. The van der Waals surface area contributed by atoms with Crippen molar-refractivity contribution in [2.45, 2.75) is 0 Å². The van der Waals surface area contributed by atoms with E-state index in [1.54, 1.807) is 29.6 Å². The Bertz CT molecular complexity index is 607. The third-order valence-corrected chi connectivity index (χ3v) is 3.24. The lowest BCUT2D eigenvalue weighted by molar-refractivity contribution is 0.0996. The van der Waals surface area contributed by atoms with Crippen LogP contribution in [-0.4, -0.2) is 11.8 Å². The normalized spacial score (nSPS) is 10.0. The van der Waals surface area contributed by atoms with E-state index in [0.29, 0.717) is 21.8 Å². The van der Waals surface area contributed by atoms with Crippen molar-refractivity contribution >= 4 is 34.5 Å². The number of benzene rings is 1.